The molecule has 0 aliphatic heterocycles. The molecule has 1 aliphatic carbocycles. The minimum atomic E-state index is -0.738. The van der Waals surface area contributed by atoms with Crippen LogP contribution in [0.25, 0.3) is 0 Å². The lowest BCUT2D eigenvalue weighted by Gasteiger charge is -2.25. The molecule has 1 heterocycles. The summed E-state index contributed by atoms with van der Waals surface area (Å²) >= 11 is 0. The minimum Gasteiger partial charge on any atom is -0.296 e. The van der Waals surface area contributed by atoms with Crippen molar-refractivity contribution in [3.8, 4) is 0 Å². The number of hydrogen-bond acceptors (Lipinski definition) is 2. The molecule has 1 saturated carbocycles. The Bertz CT molecular complexity index is 324. The molecule has 0 saturated heterocycles. The predicted octanol–water partition coefficient (Wildman–Crippen LogP) is 2.15. The molecule has 1 aromatic rings. The fourth-order valence-corrected chi connectivity index (χ4v) is 2.05. The summed E-state index contributed by atoms with van der Waals surface area (Å²) in [6.07, 6.45) is 4.56. The Morgan fingerprint density at radius 2 is 2.43 bits per heavy atom. The number of rotatable bonds is 2. The number of carbonyl (C=O) groups excluding carboxylic acids is 1. The Hall–Kier alpha value is -1.19. The fourth-order valence-electron chi connectivity index (χ4n) is 2.05. The second-order valence-electron chi connectivity index (χ2n) is 3.74. The second-order valence-corrected chi connectivity index (χ2v) is 3.74. The number of alkyl halides is 1. The first-order chi connectivity index (χ1) is 6.81. The van der Waals surface area contributed by atoms with Crippen LogP contribution in [0.5, 0.6) is 0 Å². The van der Waals surface area contributed by atoms with Gasteiger partial charge in [0.25, 0.3) is 0 Å². The third-order valence-electron chi connectivity index (χ3n) is 2.75. The van der Waals surface area contributed by atoms with Crippen LogP contribution in [0, 0.1) is 0 Å². The van der Waals surface area contributed by atoms with Crippen molar-refractivity contribution < 1.29 is 9.18 Å². The molecule has 0 aromatic carbocycles. The molecule has 0 N–H and O–H groups in total. The van der Waals surface area contributed by atoms with Crippen molar-refractivity contribution in [2.75, 3.05) is 0 Å². The third kappa shape index (κ3) is 1.69. The van der Waals surface area contributed by atoms with Gasteiger partial charge in [0.05, 0.1) is 6.04 Å². The molecule has 0 bridgehead atoms. The zero-order chi connectivity index (χ0) is 9.97. The first-order valence-corrected chi connectivity index (χ1v) is 4.94. The van der Waals surface area contributed by atoms with E-state index in [0.717, 1.165) is 19.1 Å². The number of aldehydes is 1. The summed E-state index contributed by atoms with van der Waals surface area (Å²) in [5.41, 5.74) is 0.545. The molecule has 1 aliphatic rings. The van der Waals surface area contributed by atoms with Crippen LogP contribution in [0.15, 0.2) is 12.3 Å². The van der Waals surface area contributed by atoms with Crippen molar-refractivity contribution in [1.82, 2.24) is 9.78 Å². The number of nitrogens with zero attached hydrogens (tertiary/aromatic N) is 2. The summed E-state index contributed by atoms with van der Waals surface area (Å²) in [4.78, 5) is 10.7. The Balaban J connectivity index is 2.17. The molecular formula is C10H13FN2O. The topological polar surface area (TPSA) is 34.9 Å². The van der Waals surface area contributed by atoms with Crippen LogP contribution in [0.1, 0.15) is 42.2 Å². The van der Waals surface area contributed by atoms with Crippen molar-refractivity contribution >= 4 is 6.29 Å². The first kappa shape index (κ1) is 9.37. The molecule has 0 radical (unpaired) electrons. The van der Waals surface area contributed by atoms with E-state index in [0.29, 0.717) is 18.5 Å². The van der Waals surface area contributed by atoms with E-state index in [1.54, 1.807) is 16.9 Å². The Morgan fingerprint density at radius 1 is 1.57 bits per heavy atom. The minimum absolute atomic E-state index is 0.0638. The first-order valence-electron chi connectivity index (χ1n) is 4.94. The van der Waals surface area contributed by atoms with Crippen molar-refractivity contribution in [2.45, 2.75) is 37.9 Å². The fraction of sp³-hybridized carbons (Fsp3) is 0.600. The SMILES string of the molecule is O=Cc1ccnn1C1CCCC(F)C1. The highest BCUT2D eigenvalue weighted by molar-refractivity contribution is 5.71. The van der Waals surface area contributed by atoms with Gasteiger partial charge in [0, 0.05) is 12.6 Å². The summed E-state index contributed by atoms with van der Waals surface area (Å²) < 4.78 is 14.8. The Morgan fingerprint density at radius 3 is 3.14 bits per heavy atom. The summed E-state index contributed by atoms with van der Waals surface area (Å²) in [5.74, 6) is 0. The van der Waals surface area contributed by atoms with Gasteiger partial charge in [-0.2, -0.15) is 5.10 Å². The van der Waals surface area contributed by atoms with Gasteiger partial charge in [0.2, 0.25) is 0 Å². The molecule has 0 amide bonds. The summed E-state index contributed by atoms with van der Waals surface area (Å²) in [5, 5.41) is 4.06. The quantitative estimate of drug-likeness (QED) is 0.679. The van der Waals surface area contributed by atoms with Crippen molar-refractivity contribution in [3.63, 3.8) is 0 Å². The Labute approximate surface area is 81.9 Å². The van der Waals surface area contributed by atoms with Crippen LogP contribution >= 0.6 is 0 Å². The average Bonchev–Trinajstić information content (AvgIpc) is 2.65. The molecule has 0 spiro atoms. The zero-order valence-corrected chi connectivity index (χ0v) is 7.90. The maximum absolute atomic E-state index is 13.1. The van der Waals surface area contributed by atoms with E-state index in [2.05, 4.69) is 5.10 Å². The van der Waals surface area contributed by atoms with Gasteiger partial charge in [-0.15, -0.1) is 0 Å². The molecule has 3 nitrogen and oxygen atoms in total. The molecule has 1 fully saturated rings. The van der Waals surface area contributed by atoms with Crippen LogP contribution < -0.4 is 0 Å². The standard InChI is InChI=1S/C10H13FN2O/c11-8-2-1-3-9(6-8)13-10(7-14)4-5-12-13/h4-5,7-9H,1-3,6H2. The van der Waals surface area contributed by atoms with E-state index < -0.39 is 6.17 Å². The van der Waals surface area contributed by atoms with E-state index in [4.69, 9.17) is 0 Å². The van der Waals surface area contributed by atoms with E-state index in [1.165, 1.54) is 0 Å². The maximum atomic E-state index is 13.1. The summed E-state index contributed by atoms with van der Waals surface area (Å²) in [6.45, 7) is 0. The van der Waals surface area contributed by atoms with Gasteiger partial charge < -0.3 is 0 Å². The average molecular weight is 196 g/mol. The highest BCUT2D eigenvalue weighted by Crippen LogP contribution is 2.30. The van der Waals surface area contributed by atoms with E-state index in [-0.39, 0.29) is 6.04 Å². The number of aromatic nitrogens is 2. The van der Waals surface area contributed by atoms with Crippen molar-refractivity contribution in [3.05, 3.63) is 18.0 Å². The molecule has 14 heavy (non-hydrogen) atoms. The maximum Gasteiger partial charge on any atom is 0.168 e. The van der Waals surface area contributed by atoms with E-state index in [1.807, 2.05) is 0 Å². The van der Waals surface area contributed by atoms with Gasteiger partial charge in [0.15, 0.2) is 6.29 Å². The Kier molecular flexibility index (Phi) is 2.61. The summed E-state index contributed by atoms with van der Waals surface area (Å²) in [7, 11) is 0. The smallest absolute Gasteiger partial charge is 0.168 e. The van der Waals surface area contributed by atoms with Crippen LogP contribution in [0.4, 0.5) is 4.39 Å². The normalized spacial score (nSPS) is 27.5. The van der Waals surface area contributed by atoms with Crippen LogP contribution in [-0.2, 0) is 0 Å². The molecule has 76 valence electrons. The van der Waals surface area contributed by atoms with Gasteiger partial charge >= 0.3 is 0 Å². The number of hydrogen-bond donors (Lipinski definition) is 0. The van der Waals surface area contributed by atoms with E-state index >= 15 is 0 Å². The second kappa shape index (κ2) is 3.90. The number of halogens is 1. The number of carbonyl (C=O) groups is 1. The van der Waals surface area contributed by atoms with Crippen LogP contribution in [-0.4, -0.2) is 22.2 Å². The van der Waals surface area contributed by atoms with Crippen molar-refractivity contribution in [1.29, 1.82) is 0 Å². The van der Waals surface area contributed by atoms with Gasteiger partial charge in [0.1, 0.15) is 11.9 Å². The highest BCUT2D eigenvalue weighted by Gasteiger charge is 2.24. The zero-order valence-electron chi connectivity index (χ0n) is 7.90. The van der Waals surface area contributed by atoms with Crippen molar-refractivity contribution in [2.24, 2.45) is 0 Å². The van der Waals surface area contributed by atoms with Gasteiger partial charge in [-0.3, -0.25) is 9.48 Å². The lowest BCUT2D eigenvalue weighted by atomic mass is 9.94. The molecule has 2 unspecified atom stereocenters. The largest absolute Gasteiger partial charge is 0.296 e. The van der Waals surface area contributed by atoms with Crippen LogP contribution in [0.3, 0.4) is 0 Å². The molecule has 1 aromatic heterocycles. The van der Waals surface area contributed by atoms with Gasteiger partial charge in [-0.05, 0) is 25.3 Å². The lowest BCUT2D eigenvalue weighted by Crippen LogP contribution is -2.22. The predicted molar refractivity (Wildman–Crippen MR) is 50.0 cm³/mol. The molecule has 2 rings (SSSR count). The molecular weight excluding hydrogens is 183 g/mol. The highest BCUT2D eigenvalue weighted by atomic mass is 19.1. The third-order valence-corrected chi connectivity index (χ3v) is 2.75. The van der Waals surface area contributed by atoms with Gasteiger partial charge in [-0.25, -0.2) is 4.39 Å². The van der Waals surface area contributed by atoms with Gasteiger partial charge in [-0.1, -0.05) is 0 Å². The summed E-state index contributed by atoms with van der Waals surface area (Å²) in [6, 6.07) is 1.73. The van der Waals surface area contributed by atoms with E-state index in [9.17, 15) is 9.18 Å². The monoisotopic (exact) mass is 196 g/mol. The molecule has 4 heteroatoms. The molecule has 2 atom stereocenters. The van der Waals surface area contributed by atoms with Crippen LogP contribution in [0.2, 0.25) is 0 Å². The lowest BCUT2D eigenvalue weighted by molar-refractivity contribution is 0.110.